The number of rotatable bonds is 6. The summed E-state index contributed by atoms with van der Waals surface area (Å²) in [6, 6.07) is 11.8. The van der Waals surface area contributed by atoms with Crippen LogP contribution >= 0.6 is 0 Å². The number of benzene rings is 2. The number of carbonyl (C=O) groups excluding carboxylic acids is 2. The number of aromatic amines is 1. The van der Waals surface area contributed by atoms with E-state index in [0.717, 1.165) is 24.2 Å². The van der Waals surface area contributed by atoms with Gasteiger partial charge in [0.05, 0.1) is 5.69 Å². The van der Waals surface area contributed by atoms with E-state index < -0.39 is 23.7 Å². The summed E-state index contributed by atoms with van der Waals surface area (Å²) < 4.78 is 13.3. The Hall–Kier alpha value is -4.08. The molecule has 9 nitrogen and oxygen atoms in total. The molecule has 0 radical (unpaired) electrons. The summed E-state index contributed by atoms with van der Waals surface area (Å²) in [7, 11) is 0. The van der Waals surface area contributed by atoms with Gasteiger partial charge in [0.2, 0.25) is 5.91 Å². The number of nitrogens with two attached hydrogens (primary N) is 1. The maximum absolute atomic E-state index is 13.3. The smallest absolute Gasteiger partial charge is 0.271 e. The molecule has 0 bridgehead atoms. The maximum atomic E-state index is 13.3. The second-order valence-corrected chi connectivity index (χ2v) is 7.84. The van der Waals surface area contributed by atoms with Gasteiger partial charge in [-0.1, -0.05) is 12.1 Å². The molecule has 1 unspecified atom stereocenters. The molecule has 1 saturated carbocycles. The zero-order valence-electron chi connectivity index (χ0n) is 17.0. The molecule has 2 aromatic carbocycles. The lowest BCUT2D eigenvalue weighted by Gasteiger charge is -2.20. The van der Waals surface area contributed by atoms with Crippen LogP contribution in [0.1, 0.15) is 31.0 Å². The first-order chi connectivity index (χ1) is 15.5. The standard InChI is InChI=1S/C22H20FN7O2/c23-14-6-8-16(9-7-14)30-18(19(24)31)11-17(29-30)22(32)25-15-3-1-2-13(10-15)21-26-20(27-28-21)12-4-5-12/h1-3,6-10,12,18H,4-5,11H2,(H2,24,31)(H,25,32)(H,26,27,28). The molecular formula is C22H20FN7O2. The van der Waals surface area contributed by atoms with Crippen LogP contribution in [0.2, 0.25) is 0 Å². The van der Waals surface area contributed by atoms with Crippen LogP contribution in [0, 0.1) is 5.82 Å². The molecule has 2 amide bonds. The van der Waals surface area contributed by atoms with Gasteiger partial charge in [0.1, 0.15) is 23.4 Å². The fourth-order valence-electron chi connectivity index (χ4n) is 3.58. The number of anilines is 2. The van der Waals surface area contributed by atoms with Crippen molar-refractivity contribution in [2.75, 3.05) is 10.3 Å². The molecule has 5 rings (SSSR count). The van der Waals surface area contributed by atoms with Crippen molar-refractivity contribution in [3.8, 4) is 11.4 Å². The number of H-pyrrole nitrogens is 1. The van der Waals surface area contributed by atoms with Crippen molar-refractivity contribution in [3.05, 3.63) is 60.2 Å². The Balaban J connectivity index is 1.34. The van der Waals surface area contributed by atoms with E-state index in [0.29, 0.717) is 23.1 Å². The van der Waals surface area contributed by atoms with Crippen LogP contribution in [0.5, 0.6) is 0 Å². The SMILES string of the molecule is NC(=O)C1CC(C(=O)Nc2cccc(-c3n[nH]c(C4CC4)n3)c2)=NN1c1ccc(F)cc1. The summed E-state index contributed by atoms with van der Waals surface area (Å²) >= 11 is 0. The van der Waals surface area contributed by atoms with Crippen molar-refractivity contribution in [3.63, 3.8) is 0 Å². The Bertz CT molecular complexity index is 1220. The average molecular weight is 433 g/mol. The molecule has 1 aromatic heterocycles. The van der Waals surface area contributed by atoms with Crippen molar-refractivity contribution in [2.45, 2.75) is 31.2 Å². The van der Waals surface area contributed by atoms with Crippen LogP contribution in [0.4, 0.5) is 15.8 Å². The molecule has 32 heavy (non-hydrogen) atoms. The zero-order chi connectivity index (χ0) is 22.2. The quantitative estimate of drug-likeness (QED) is 0.550. The average Bonchev–Trinajstić information content (AvgIpc) is 3.33. The minimum atomic E-state index is -0.832. The van der Waals surface area contributed by atoms with E-state index >= 15 is 0 Å². The summed E-state index contributed by atoms with van der Waals surface area (Å²) in [5.41, 5.74) is 7.44. The van der Waals surface area contributed by atoms with E-state index in [1.165, 1.54) is 29.3 Å². The third kappa shape index (κ3) is 3.94. The number of hydrogen-bond acceptors (Lipinski definition) is 6. The Labute approximate surface area is 182 Å². The van der Waals surface area contributed by atoms with Gasteiger partial charge in [-0.3, -0.25) is 19.7 Å². The number of aromatic nitrogens is 3. The summed E-state index contributed by atoms with van der Waals surface area (Å²) in [4.78, 5) is 29.3. The van der Waals surface area contributed by atoms with E-state index in [2.05, 4.69) is 25.6 Å². The number of hydrogen-bond donors (Lipinski definition) is 3. The van der Waals surface area contributed by atoms with Gasteiger partial charge in [0.15, 0.2) is 5.82 Å². The van der Waals surface area contributed by atoms with Crippen molar-refractivity contribution in [2.24, 2.45) is 10.8 Å². The van der Waals surface area contributed by atoms with Gasteiger partial charge in [0.25, 0.3) is 5.91 Å². The largest absolute Gasteiger partial charge is 0.368 e. The van der Waals surface area contributed by atoms with Gasteiger partial charge in [0, 0.05) is 23.6 Å². The molecule has 1 atom stereocenters. The van der Waals surface area contributed by atoms with Crippen LogP contribution in [0.15, 0.2) is 53.6 Å². The van der Waals surface area contributed by atoms with E-state index in [9.17, 15) is 14.0 Å². The number of nitrogens with one attached hydrogen (secondary N) is 2. The number of nitrogens with zero attached hydrogens (tertiary/aromatic N) is 4. The predicted molar refractivity (Wildman–Crippen MR) is 116 cm³/mol. The molecule has 3 aromatic rings. The van der Waals surface area contributed by atoms with Gasteiger partial charge in [-0.15, -0.1) is 0 Å². The fraction of sp³-hybridized carbons (Fsp3) is 0.227. The van der Waals surface area contributed by atoms with Gasteiger partial charge in [-0.05, 0) is 49.2 Å². The van der Waals surface area contributed by atoms with Gasteiger partial charge < -0.3 is 11.1 Å². The van der Waals surface area contributed by atoms with Crippen LogP contribution < -0.4 is 16.1 Å². The van der Waals surface area contributed by atoms with E-state index in [1.807, 2.05) is 6.07 Å². The van der Waals surface area contributed by atoms with Crippen LogP contribution in [-0.2, 0) is 9.59 Å². The highest BCUT2D eigenvalue weighted by Crippen LogP contribution is 2.38. The first-order valence-electron chi connectivity index (χ1n) is 10.2. The third-order valence-electron chi connectivity index (χ3n) is 5.44. The molecule has 4 N–H and O–H groups in total. The number of halogens is 1. The molecular weight excluding hydrogens is 413 g/mol. The molecule has 10 heteroatoms. The van der Waals surface area contributed by atoms with E-state index in [4.69, 9.17) is 5.73 Å². The molecule has 0 spiro atoms. The summed E-state index contributed by atoms with van der Waals surface area (Å²) in [5, 5.41) is 15.7. The monoisotopic (exact) mass is 433 g/mol. The highest BCUT2D eigenvalue weighted by atomic mass is 19.1. The van der Waals surface area contributed by atoms with Crippen molar-refractivity contribution in [1.29, 1.82) is 0 Å². The molecule has 2 aliphatic rings. The number of amides is 2. The molecule has 1 aliphatic heterocycles. The highest BCUT2D eigenvalue weighted by molar-refractivity contribution is 6.44. The molecule has 1 aliphatic carbocycles. The minimum Gasteiger partial charge on any atom is -0.368 e. The van der Waals surface area contributed by atoms with Gasteiger partial charge >= 0.3 is 0 Å². The van der Waals surface area contributed by atoms with Gasteiger partial charge in [-0.2, -0.15) is 10.2 Å². The normalized spacial score (nSPS) is 17.8. The third-order valence-corrected chi connectivity index (χ3v) is 5.44. The second-order valence-electron chi connectivity index (χ2n) is 7.84. The lowest BCUT2D eigenvalue weighted by atomic mass is 10.1. The Kier molecular flexibility index (Phi) is 4.89. The number of carbonyl (C=O) groups is 2. The minimum absolute atomic E-state index is 0.0455. The molecule has 2 heterocycles. The van der Waals surface area contributed by atoms with Crippen LogP contribution in [-0.4, -0.2) is 38.7 Å². The van der Waals surface area contributed by atoms with E-state index in [1.54, 1.807) is 18.2 Å². The summed E-state index contributed by atoms with van der Waals surface area (Å²) in [5.74, 6) is 0.416. The highest BCUT2D eigenvalue weighted by Gasteiger charge is 2.35. The Morgan fingerprint density at radius 1 is 1.16 bits per heavy atom. The fourth-order valence-corrected chi connectivity index (χ4v) is 3.58. The molecule has 0 saturated heterocycles. The van der Waals surface area contributed by atoms with Crippen molar-refractivity contribution < 1.29 is 14.0 Å². The number of hydrazone groups is 1. The van der Waals surface area contributed by atoms with Crippen molar-refractivity contribution >= 4 is 28.9 Å². The predicted octanol–water partition coefficient (Wildman–Crippen LogP) is 2.55. The second kappa shape index (κ2) is 7.88. The molecule has 162 valence electrons. The first kappa shape index (κ1) is 19.9. The number of primary amides is 1. The zero-order valence-corrected chi connectivity index (χ0v) is 17.0. The van der Waals surface area contributed by atoms with Crippen LogP contribution in [0.3, 0.4) is 0 Å². The topological polar surface area (TPSA) is 129 Å². The maximum Gasteiger partial charge on any atom is 0.271 e. The van der Waals surface area contributed by atoms with Crippen molar-refractivity contribution in [1.82, 2.24) is 15.2 Å². The lowest BCUT2D eigenvalue weighted by Crippen LogP contribution is -2.39. The lowest BCUT2D eigenvalue weighted by molar-refractivity contribution is -0.119. The van der Waals surface area contributed by atoms with Crippen LogP contribution in [0.25, 0.3) is 11.4 Å². The summed E-state index contributed by atoms with van der Waals surface area (Å²) in [6.45, 7) is 0. The van der Waals surface area contributed by atoms with Gasteiger partial charge in [-0.25, -0.2) is 9.37 Å². The summed E-state index contributed by atoms with van der Waals surface area (Å²) in [6.07, 6.45) is 2.28. The Morgan fingerprint density at radius 3 is 2.66 bits per heavy atom. The molecule has 1 fully saturated rings. The first-order valence-corrected chi connectivity index (χ1v) is 10.2. The Morgan fingerprint density at radius 2 is 1.94 bits per heavy atom. The van der Waals surface area contributed by atoms with E-state index in [-0.39, 0.29) is 12.1 Å².